The second-order valence-corrected chi connectivity index (χ2v) is 6.95. The molecule has 0 atom stereocenters. The lowest BCUT2D eigenvalue weighted by Gasteiger charge is -2.26. The van der Waals surface area contributed by atoms with E-state index in [-0.39, 0.29) is 0 Å². The van der Waals surface area contributed by atoms with Crippen LogP contribution >= 0.6 is 0 Å². The summed E-state index contributed by atoms with van der Waals surface area (Å²) in [5.74, 6) is 2.14. The third-order valence-corrected chi connectivity index (χ3v) is 4.68. The molecule has 0 saturated carbocycles. The Labute approximate surface area is 166 Å². The Kier molecular flexibility index (Phi) is 7.66. The Morgan fingerprint density at radius 1 is 1.25 bits per heavy atom. The number of oxime groups is 1. The van der Waals surface area contributed by atoms with Crippen molar-refractivity contribution >= 4 is 12.2 Å². The van der Waals surface area contributed by atoms with Crippen molar-refractivity contribution in [3.63, 3.8) is 0 Å². The molecule has 1 saturated heterocycles. The molecule has 152 valence electrons. The highest BCUT2D eigenvalue weighted by molar-refractivity contribution is 5.74. The number of anilines is 1. The fourth-order valence-corrected chi connectivity index (χ4v) is 3.28. The van der Waals surface area contributed by atoms with Crippen molar-refractivity contribution in [2.24, 2.45) is 12.2 Å². The van der Waals surface area contributed by atoms with E-state index in [1.807, 2.05) is 13.1 Å². The minimum absolute atomic E-state index is 0.508. The van der Waals surface area contributed by atoms with E-state index < -0.39 is 0 Å². The van der Waals surface area contributed by atoms with Gasteiger partial charge in [-0.1, -0.05) is 23.7 Å². The fourth-order valence-electron chi connectivity index (χ4n) is 3.28. The zero-order valence-electron chi connectivity index (χ0n) is 16.8. The highest BCUT2D eigenvalue weighted by Crippen LogP contribution is 2.17. The summed E-state index contributed by atoms with van der Waals surface area (Å²) in [5.41, 5.74) is 1.32. The molecule has 28 heavy (non-hydrogen) atoms. The molecule has 0 radical (unpaired) electrons. The Balaban J connectivity index is 1.39. The van der Waals surface area contributed by atoms with E-state index in [0.717, 1.165) is 25.3 Å². The first-order valence-corrected chi connectivity index (χ1v) is 9.90. The Morgan fingerprint density at radius 2 is 2.11 bits per heavy atom. The van der Waals surface area contributed by atoms with Gasteiger partial charge in [-0.25, -0.2) is 4.68 Å². The first-order valence-electron chi connectivity index (χ1n) is 9.90. The van der Waals surface area contributed by atoms with E-state index in [2.05, 4.69) is 48.5 Å². The lowest BCUT2D eigenvalue weighted by Crippen LogP contribution is -2.29. The standard InChI is InChI=1S/C20H30N6O2/c1-25-20(23-19(24-25)15-22-27-2)21-10-7-13-28-18-9-6-8-17(14-18)16-26-11-4-3-5-12-26/h6,8-9,14-15H,3-5,7,10-13,16H2,1-2H3,(H,21,23,24)/b22-15+. The van der Waals surface area contributed by atoms with Gasteiger partial charge >= 0.3 is 0 Å². The normalized spacial score (nSPS) is 15.1. The second kappa shape index (κ2) is 10.7. The van der Waals surface area contributed by atoms with Crippen molar-refractivity contribution in [1.29, 1.82) is 0 Å². The van der Waals surface area contributed by atoms with Crippen molar-refractivity contribution in [2.75, 3.05) is 38.7 Å². The number of likely N-dealkylation sites (tertiary alicyclic amines) is 1. The Bertz CT molecular complexity index is 755. The van der Waals surface area contributed by atoms with Crippen molar-refractivity contribution in [1.82, 2.24) is 19.7 Å². The van der Waals surface area contributed by atoms with Crippen LogP contribution in [0.15, 0.2) is 29.4 Å². The van der Waals surface area contributed by atoms with Crippen molar-refractivity contribution in [3.8, 4) is 5.75 Å². The van der Waals surface area contributed by atoms with Gasteiger partial charge < -0.3 is 14.9 Å². The first-order chi connectivity index (χ1) is 13.7. The molecular weight excluding hydrogens is 356 g/mol. The van der Waals surface area contributed by atoms with Gasteiger partial charge in [0.05, 0.1) is 6.61 Å². The lowest BCUT2D eigenvalue weighted by molar-refractivity contribution is 0.215. The zero-order valence-corrected chi connectivity index (χ0v) is 16.8. The van der Waals surface area contributed by atoms with Gasteiger partial charge in [0, 0.05) is 20.1 Å². The number of piperidine rings is 1. The summed E-state index contributed by atoms with van der Waals surface area (Å²) >= 11 is 0. The van der Waals surface area contributed by atoms with Gasteiger partial charge in [-0.2, -0.15) is 4.98 Å². The minimum atomic E-state index is 0.508. The Morgan fingerprint density at radius 3 is 2.93 bits per heavy atom. The van der Waals surface area contributed by atoms with Crippen LogP contribution in [0.3, 0.4) is 0 Å². The second-order valence-electron chi connectivity index (χ2n) is 6.95. The van der Waals surface area contributed by atoms with Crippen LogP contribution in [0, 0.1) is 0 Å². The molecule has 3 rings (SSSR count). The maximum atomic E-state index is 5.92. The molecule has 8 nitrogen and oxygen atoms in total. The van der Waals surface area contributed by atoms with Gasteiger partial charge in [-0.05, 0) is 50.0 Å². The number of benzene rings is 1. The molecule has 2 heterocycles. The van der Waals surface area contributed by atoms with Gasteiger partial charge in [0.25, 0.3) is 0 Å². The quantitative estimate of drug-likeness (QED) is 0.384. The summed E-state index contributed by atoms with van der Waals surface area (Å²) in [7, 11) is 3.33. The maximum Gasteiger partial charge on any atom is 0.221 e. The number of aryl methyl sites for hydroxylation is 1. The number of rotatable bonds is 10. The van der Waals surface area contributed by atoms with Gasteiger partial charge in [-0.15, -0.1) is 5.10 Å². The summed E-state index contributed by atoms with van der Waals surface area (Å²) in [5, 5.41) is 11.2. The van der Waals surface area contributed by atoms with Crippen molar-refractivity contribution in [3.05, 3.63) is 35.7 Å². The van der Waals surface area contributed by atoms with Gasteiger partial charge in [0.15, 0.2) is 5.82 Å². The van der Waals surface area contributed by atoms with E-state index in [1.54, 1.807) is 4.68 Å². The summed E-state index contributed by atoms with van der Waals surface area (Å²) < 4.78 is 7.61. The number of aromatic nitrogens is 3. The first kappa shape index (κ1) is 20.1. The number of ether oxygens (including phenoxy) is 1. The smallest absolute Gasteiger partial charge is 0.221 e. The summed E-state index contributed by atoms with van der Waals surface area (Å²) in [6, 6.07) is 8.44. The molecule has 0 amide bonds. The lowest BCUT2D eigenvalue weighted by atomic mass is 10.1. The van der Waals surface area contributed by atoms with Crippen LogP contribution in [-0.2, 0) is 18.4 Å². The number of nitrogens with one attached hydrogen (secondary N) is 1. The average Bonchev–Trinajstić information content (AvgIpc) is 3.07. The molecule has 0 unspecified atom stereocenters. The SMILES string of the molecule is CO/N=C/c1nc(NCCCOc2cccc(CN3CCCCC3)c2)n(C)n1. The highest BCUT2D eigenvalue weighted by atomic mass is 16.6. The molecule has 1 aliphatic heterocycles. The van der Waals surface area contributed by atoms with E-state index in [0.29, 0.717) is 18.4 Å². The molecule has 0 spiro atoms. The topological polar surface area (TPSA) is 76.8 Å². The molecule has 1 aromatic heterocycles. The van der Waals surface area contributed by atoms with Crippen LogP contribution in [-0.4, -0.2) is 59.2 Å². The van der Waals surface area contributed by atoms with Crippen LogP contribution in [0.25, 0.3) is 0 Å². The Hall–Kier alpha value is -2.61. The summed E-state index contributed by atoms with van der Waals surface area (Å²) in [4.78, 5) is 11.5. The van der Waals surface area contributed by atoms with Crippen molar-refractivity contribution < 1.29 is 9.57 Å². The van der Waals surface area contributed by atoms with E-state index in [1.165, 1.54) is 51.2 Å². The maximum absolute atomic E-state index is 5.92. The average molecular weight is 387 g/mol. The molecule has 1 aromatic carbocycles. The third kappa shape index (κ3) is 6.23. The predicted molar refractivity (Wildman–Crippen MR) is 110 cm³/mol. The van der Waals surface area contributed by atoms with E-state index in [9.17, 15) is 0 Å². The monoisotopic (exact) mass is 386 g/mol. The van der Waals surface area contributed by atoms with Crippen molar-refractivity contribution in [2.45, 2.75) is 32.2 Å². The molecular formula is C20H30N6O2. The molecule has 1 aliphatic rings. The zero-order chi connectivity index (χ0) is 19.6. The van der Waals surface area contributed by atoms with Crippen LogP contribution in [0.2, 0.25) is 0 Å². The van der Waals surface area contributed by atoms with Gasteiger partial charge in [-0.3, -0.25) is 4.90 Å². The highest BCUT2D eigenvalue weighted by Gasteiger charge is 2.10. The molecule has 2 aromatic rings. The molecule has 8 heteroatoms. The predicted octanol–water partition coefficient (Wildman–Crippen LogP) is 2.66. The summed E-state index contributed by atoms with van der Waals surface area (Å²) in [6.07, 6.45) is 6.34. The van der Waals surface area contributed by atoms with Gasteiger partial charge in [0.1, 0.15) is 19.1 Å². The van der Waals surface area contributed by atoms with Gasteiger partial charge in [0.2, 0.25) is 5.95 Å². The fraction of sp³-hybridized carbons (Fsp3) is 0.550. The van der Waals surface area contributed by atoms with Crippen LogP contribution < -0.4 is 10.1 Å². The van der Waals surface area contributed by atoms with Crippen LogP contribution in [0.5, 0.6) is 5.75 Å². The molecule has 1 fully saturated rings. The van der Waals surface area contributed by atoms with E-state index >= 15 is 0 Å². The number of hydrogen-bond donors (Lipinski definition) is 1. The molecule has 0 bridgehead atoms. The van der Waals surface area contributed by atoms with E-state index in [4.69, 9.17) is 4.74 Å². The number of hydrogen-bond acceptors (Lipinski definition) is 7. The number of nitrogens with zero attached hydrogens (tertiary/aromatic N) is 5. The molecule has 1 N–H and O–H groups in total. The van der Waals surface area contributed by atoms with Crippen LogP contribution in [0.4, 0.5) is 5.95 Å². The minimum Gasteiger partial charge on any atom is -0.494 e. The summed E-state index contributed by atoms with van der Waals surface area (Å²) in [6.45, 7) is 4.83. The third-order valence-electron chi connectivity index (χ3n) is 4.68. The van der Waals surface area contributed by atoms with Crippen LogP contribution in [0.1, 0.15) is 37.1 Å². The molecule has 0 aliphatic carbocycles. The largest absolute Gasteiger partial charge is 0.494 e.